The molecule has 0 fully saturated rings. The fraction of sp³-hybridized carbons (Fsp3) is 0.211. The summed E-state index contributed by atoms with van der Waals surface area (Å²) >= 11 is 1.80. The third-order valence-corrected chi connectivity index (χ3v) is 4.47. The number of thiophene rings is 1. The van der Waals surface area contributed by atoms with Crippen LogP contribution in [0.2, 0.25) is 0 Å². The van der Waals surface area contributed by atoms with Gasteiger partial charge in [-0.1, -0.05) is 24.3 Å². The van der Waals surface area contributed by atoms with Crippen molar-refractivity contribution in [2.45, 2.75) is 13.0 Å². The van der Waals surface area contributed by atoms with Crippen molar-refractivity contribution in [3.63, 3.8) is 0 Å². The highest BCUT2D eigenvalue weighted by Crippen LogP contribution is 2.29. The summed E-state index contributed by atoms with van der Waals surface area (Å²) in [6.07, 6.45) is 2.89. The van der Waals surface area contributed by atoms with Gasteiger partial charge in [-0.25, -0.2) is 4.98 Å². The van der Waals surface area contributed by atoms with Crippen LogP contribution in [0.4, 0.5) is 0 Å². The number of ether oxygens (including phenoxy) is 2. The van der Waals surface area contributed by atoms with Crippen molar-refractivity contribution in [2.75, 3.05) is 13.7 Å². The normalized spacial score (nSPS) is 10.5. The Hall–Kier alpha value is -2.37. The van der Waals surface area contributed by atoms with Gasteiger partial charge in [-0.3, -0.25) is 0 Å². The summed E-state index contributed by atoms with van der Waals surface area (Å²) in [6.45, 7) is 1.76. The average molecular weight is 340 g/mol. The first-order chi connectivity index (χ1) is 11.8. The van der Waals surface area contributed by atoms with Crippen LogP contribution in [0.5, 0.6) is 17.4 Å². The number of nitrogens with one attached hydrogen (secondary N) is 1. The van der Waals surface area contributed by atoms with Crippen molar-refractivity contribution in [2.24, 2.45) is 0 Å². The van der Waals surface area contributed by atoms with Gasteiger partial charge >= 0.3 is 0 Å². The van der Waals surface area contributed by atoms with Gasteiger partial charge in [-0.15, -0.1) is 11.3 Å². The molecule has 0 amide bonds. The second kappa shape index (κ2) is 8.47. The molecule has 0 saturated heterocycles. The number of nitrogens with zero attached hydrogens (tertiary/aromatic N) is 1. The molecule has 24 heavy (non-hydrogen) atoms. The van der Waals surface area contributed by atoms with Crippen molar-refractivity contribution in [3.8, 4) is 17.4 Å². The van der Waals surface area contributed by atoms with Crippen molar-refractivity contribution in [1.29, 1.82) is 0 Å². The van der Waals surface area contributed by atoms with E-state index in [9.17, 15) is 0 Å². The molecule has 2 aromatic heterocycles. The monoisotopic (exact) mass is 340 g/mol. The second-order valence-corrected chi connectivity index (χ2v) is 6.30. The van der Waals surface area contributed by atoms with Gasteiger partial charge < -0.3 is 14.8 Å². The van der Waals surface area contributed by atoms with E-state index in [1.54, 1.807) is 18.4 Å². The first kappa shape index (κ1) is 16.5. The number of para-hydroxylation sites is 2. The highest BCUT2D eigenvalue weighted by molar-refractivity contribution is 7.09. The molecule has 5 heteroatoms. The van der Waals surface area contributed by atoms with Crippen LogP contribution in [0.15, 0.2) is 60.1 Å². The van der Waals surface area contributed by atoms with Gasteiger partial charge in [0.25, 0.3) is 0 Å². The number of rotatable bonds is 8. The topological polar surface area (TPSA) is 43.4 Å². The van der Waals surface area contributed by atoms with E-state index in [2.05, 4.69) is 27.8 Å². The minimum atomic E-state index is 0.557. The Morgan fingerprint density at radius 1 is 1.04 bits per heavy atom. The predicted octanol–water partition coefficient (Wildman–Crippen LogP) is 4.28. The molecular formula is C19H20N2O2S. The molecule has 0 aliphatic carbocycles. The first-order valence-corrected chi connectivity index (χ1v) is 8.72. The molecule has 0 bridgehead atoms. The minimum Gasteiger partial charge on any atom is -0.493 e. The molecule has 0 aliphatic rings. The zero-order valence-electron chi connectivity index (χ0n) is 13.6. The molecule has 4 nitrogen and oxygen atoms in total. The molecule has 0 saturated carbocycles. The lowest BCUT2D eigenvalue weighted by atomic mass is 10.2. The largest absolute Gasteiger partial charge is 0.493 e. The first-order valence-electron chi connectivity index (χ1n) is 7.84. The average Bonchev–Trinajstić information content (AvgIpc) is 3.14. The summed E-state index contributed by atoms with van der Waals surface area (Å²) in [5, 5.41) is 5.54. The minimum absolute atomic E-state index is 0.557. The summed E-state index contributed by atoms with van der Waals surface area (Å²) in [5.74, 6) is 1.91. The highest BCUT2D eigenvalue weighted by Gasteiger charge is 2.05. The van der Waals surface area contributed by atoms with Crippen LogP contribution in [0.1, 0.15) is 10.4 Å². The van der Waals surface area contributed by atoms with Crippen molar-refractivity contribution >= 4 is 11.3 Å². The fourth-order valence-corrected chi connectivity index (χ4v) is 3.00. The van der Waals surface area contributed by atoms with Crippen LogP contribution in [-0.4, -0.2) is 18.6 Å². The third-order valence-electron chi connectivity index (χ3n) is 3.54. The molecule has 2 heterocycles. The van der Waals surface area contributed by atoms with Gasteiger partial charge in [0.15, 0.2) is 11.5 Å². The van der Waals surface area contributed by atoms with E-state index < -0.39 is 0 Å². The summed E-state index contributed by atoms with van der Waals surface area (Å²) < 4.78 is 11.1. The Bertz CT molecular complexity index is 742. The van der Waals surface area contributed by atoms with Gasteiger partial charge in [-0.05, 0) is 35.6 Å². The maximum atomic E-state index is 5.77. The van der Waals surface area contributed by atoms with Gasteiger partial charge in [0, 0.05) is 30.2 Å². The molecule has 0 atom stereocenters. The van der Waals surface area contributed by atoms with Gasteiger partial charge in [0.1, 0.15) is 0 Å². The van der Waals surface area contributed by atoms with E-state index in [0.29, 0.717) is 17.4 Å². The number of hydrogen-bond donors (Lipinski definition) is 1. The number of aromatic nitrogens is 1. The molecule has 1 aromatic carbocycles. The van der Waals surface area contributed by atoms with Crippen LogP contribution in [0.3, 0.4) is 0 Å². The molecule has 1 N–H and O–H groups in total. The lowest BCUT2D eigenvalue weighted by molar-refractivity contribution is 0.374. The van der Waals surface area contributed by atoms with Crippen LogP contribution in [0.25, 0.3) is 0 Å². The smallest absolute Gasteiger partial charge is 0.219 e. The van der Waals surface area contributed by atoms with Crippen molar-refractivity contribution in [1.82, 2.24) is 10.3 Å². The van der Waals surface area contributed by atoms with E-state index in [0.717, 1.165) is 25.1 Å². The summed E-state index contributed by atoms with van der Waals surface area (Å²) in [4.78, 5) is 5.77. The van der Waals surface area contributed by atoms with E-state index in [1.165, 1.54) is 4.88 Å². The zero-order chi connectivity index (χ0) is 16.6. The maximum absolute atomic E-state index is 5.77. The fourth-order valence-electron chi connectivity index (χ4n) is 2.29. The van der Waals surface area contributed by atoms with E-state index >= 15 is 0 Å². The van der Waals surface area contributed by atoms with Crippen LogP contribution < -0.4 is 14.8 Å². The SMILES string of the molecule is COc1ccccc1Oc1ccc(CNCCc2cccs2)cn1. The zero-order valence-corrected chi connectivity index (χ0v) is 14.4. The summed E-state index contributed by atoms with van der Waals surface area (Å²) in [5.41, 5.74) is 1.13. The quantitative estimate of drug-likeness (QED) is 0.622. The molecule has 0 radical (unpaired) electrons. The Kier molecular flexibility index (Phi) is 5.82. The molecular weight excluding hydrogens is 320 g/mol. The lowest BCUT2D eigenvalue weighted by Gasteiger charge is -2.09. The molecule has 0 spiro atoms. The van der Waals surface area contributed by atoms with Gasteiger partial charge in [0.05, 0.1) is 7.11 Å². The van der Waals surface area contributed by atoms with Crippen LogP contribution in [-0.2, 0) is 13.0 Å². The Balaban J connectivity index is 1.50. The second-order valence-electron chi connectivity index (χ2n) is 5.26. The molecule has 3 aromatic rings. The molecule has 0 aliphatic heterocycles. The van der Waals surface area contributed by atoms with E-state index in [-0.39, 0.29) is 0 Å². The predicted molar refractivity (Wildman–Crippen MR) is 97.0 cm³/mol. The van der Waals surface area contributed by atoms with E-state index in [1.807, 2.05) is 42.6 Å². The van der Waals surface area contributed by atoms with Crippen LogP contribution in [0, 0.1) is 0 Å². The van der Waals surface area contributed by atoms with E-state index in [4.69, 9.17) is 9.47 Å². The highest BCUT2D eigenvalue weighted by atomic mass is 32.1. The maximum Gasteiger partial charge on any atom is 0.219 e. The molecule has 3 rings (SSSR count). The number of hydrogen-bond acceptors (Lipinski definition) is 5. The van der Waals surface area contributed by atoms with Crippen LogP contribution >= 0.6 is 11.3 Å². The number of pyridine rings is 1. The van der Waals surface area contributed by atoms with Crippen molar-refractivity contribution < 1.29 is 9.47 Å². The molecule has 0 unspecified atom stereocenters. The Morgan fingerprint density at radius 3 is 2.62 bits per heavy atom. The Labute approximate surface area is 146 Å². The lowest BCUT2D eigenvalue weighted by Crippen LogP contribution is -2.16. The Morgan fingerprint density at radius 2 is 1.92 bits per heavy atom. The summed E-state index contributed by atoms with van der Waals surface area (Å²) in [6, 6.07) is 15.7. The molecule has 124 valence electrons. The van der Waals surface area contributed by atoms with Gasteiger partial charge in [0.2, 0.25) is 5.88 Å². The van der Waals surface area contributed by atoms with Gasteiger partial charge in [-0.2, -0.15) is 0 Å². The third kappa shape index (κ3) is 4.57. The summed E-state index contributed by atoms with van der Waals surface area (Å²) in [7, 11) is 1.63. The van der Waals surface area contributed by atoms with Crippen molar-refractivity contribution in [3.05, 3.63) is 70.5 Å². The standard InChI is InChI=1S/C19H20N2O2S/c1-22-17-6-2-3-7-18(17)23-19-9-8-15(14-21-19)13-20-11-10-16-5-4-12-24-16/h2-9,12,14,20H,10-11,13H2,1H3. The number of methoxy groups -OCH3 is 1. The number of benzene rings is 1.